The highest BCUT2D eigenvalue weighted by Gasteiger charge is 2.47. The Kier molecular flexibility index (Phi) is 3.59. The Morgan fingerprint density at radius 1 is 1.38 bits per heavy atom. The molecule has 1 amide bonds. The molecule has 0 aromatic heterocycles. The minimum Gasteiger partial charge on any atom is -0.479 e. The number of carbonyl (C=O) groups excluding carboxylic acids is 1. The lowest BCUT2D eigenvalue weighted by atomic mass is 9.97. The number of amides is 1. The van der Waals surface area contributed by atoms with Gasteiger partial charge in [-0.25, -0.2) is 9.18 Å². The molecular weight excluding hydrogens is 301 g/mol. The lowest BCUT2D eigenvalue weighted by Gasteiger charge is -2.39. The van der Waals surface area contributed by atoms with E-state index in [0.717, 1.165) is 18.9 Å². The maximum Gasteiger partial charge on any atom is 0.335 e. The molecule has 1 N–H and O–H groups in total. The average molecular weight is 314 g/mol. The van der Waals surface area contributed by atoms with Gasteiger partial charge < -0.3 is 14.7 Å². The summed E-state index contributed by atoms with van der Waals surface area (Å²) in [5.41, 5.74) is 0.340. The molecule has 0 radical (unpaired) electrons. The number of carboxylic acids is 1. The number of carbonyl (C=O) groups is 2. The largest absolute Gasteiger partial charge is 0.479 e. The summed E-state index contributed by atoms with van der Waals surface area (Å²) in [7, 11) is 0. The third-order valence-corrected chi connectivity index (χ3v) is 3.89. The van der Waals surface area contributed by atoms with Gasteiger partial charge in [0.1, 0.15) is 12.4 Å². The van der Waals surface area contributed by atoms with Crippen LogP contribution in [0.1, 0.15) is 24.4 Å². The Labute approximate surface area is 125 Å². The molecule has 0 bridgehead atoms. The number of nitrogens with zero attached hydrogens (tertiary/aromatic N) is 1. The molecule has 2 aliphatic rings. The standard InChI is InChI=1S/C14H13ClFNO4/c15-8-3-7(4-9(16)5-8)12-13(14(19)20)21-6-11(18)17(12)10-1-2-10/h3-5,10,12-13H,1-2,6H2,(H,19,20). The molecule has 2 atom stereocenters. The maximum atomic E-state index is 13.6. The lowest BCUT2D eigenvalue weighted by Crippen LogP contribution is -2.52. The van der Waals surface area contributed by atoms with E-state index in [1.54, 1.807) is 0 Å². The fourth-order valence-electron chi connectivity index (χ4n) is 2.70. The van der Waals surface area contributed by atoms with E-state index >= 15 is 0 Å². The summed E-state index contributed by atoms with van der Waals surface area (Å²) in [6.45, 7) is -0.271. The number of hydrogen-bond donors (Lipinski definition) is 1. The molecule has 2 unspecified atom stereocenters. The van der Waals surface area contributed by atoms with Crippen LogP contribution < -0.4 is 0 Å². The molecule has 7 heteroatoms. The number of carboxylic acid groups (broad SMARTS) is 1. The lowest BCUT2D eigenvalue weighted by molar-refractivity contribution is -0.174. The van der Waals surface area contributed by atoms with Crippen LogP contribution in [-0.2, 0) is 14.3 Å². The van der Waals surface area contributed by atoms with E-state index in [4.69, 9.17) is 16.3 Å². The van der Waals surface area contributed by atoms with Crippen molar-refractivity contribution < 1.29 is 23.8 Å². The summed E-state index contributed by atoms with van der Waals surface area (Å²) in [6, 6.07) is 2.94. The first kappa shape index (κ1) is 14.3. The zero-order valence-electron chi connectivity index (χ0n) is 11.0. The third-order valence-electron chi connectivity index (χ3n) is 3.67. The molecule has 112 valence electrons. The SMILES string of the molecule is O=C(O)C1OCC(=O)N(C2CC2)C1c1cc(F)cc(Cl)c1. The quantitative estimate of drug-likeness (QED) is 0.927. The van der Waals surface area contributed by atoms with Gasteiger partial charge in [-0.2, -0.15) is 0 Å². The van der Waals surface area contributed by atoms with Crippen molar-refractivity contribution in [2.45, 2.75) is 31.0 Å². The van der Waals surface area contributed by atoms with Crippen molar-refractivity contribution in [2.75, 3.05) is 6.61 Å². The first-order valence-electron chi connectivity index (χ1n) is 6.59. The van der Waals surface area contributed by atoms with Gasteiger partial charge in [-0.3, -0.25) is 4.79 Å². The van der Waals surface area contributed by atoms with E-state index in [0.29, 0.717) is 5.56 Å². The number of morpholine rings is 1. The van der Waals surface area contributed by atoms with Crippen molar-refractivity contribution >= 4 is 23.5 Å². The Bertz CT molecular complexity index is 584. The first-order chi connectivity index (χ1) is 9.97. The first-order valence-corrected chi connectivity index (χ1v) is 6.96. The summed E-state index contributed by atoms with van der Waals surface area (Å²) < 4.78 is 18.7. The molecule has 1 aliphatic carbocycles. The van der Waals surface area contributed by atoms with Crippen molar-refractivity contribution in [1.29, 1.82) is 0 Å². The molecule has 2 fully saturated rings. The number of aliphatic carboxylic acids is 1. The van der Waals surface area contributed by atoms with E-state index in [1.165, 1.54) is 17.0 Å². The molecule has 1 saturated carbocycles. The van der Waals surface area contributed by atoms with Gasteiger partial charge in [0.25, 0.3) is 0 Å². The monoisotopic (exact) mass is 313 g/mol. The van der Waals surface area contributed by atoms with Gasteiger partial charge in [-0.05, 0) is 36.6 Å². The normalized spacial score (nSPS) is 26.0. The van der Waals surface area contributed by atoms with Gasteiger partial charge in [0.05, 0.1) is 6.04 Å². The van der Waals surface area contributed by atoms with Crippen molar-refractivity contribution in [2.24, 2.45) is 0 Å². The second-order valence-corrected chi connectivity index (χ2v) is 5.69. The number of hydrogen-bond acceptors (Lipinski definition) is 3. The van der Waals surface area contributed by atoms with Crippen LogP contribution in [0, 0.1) is 5.82 Å². The Morgan fingerprint density at radius 3 is 2.67 bits per heavy atom. The molecular formula is C14H13ClFNO4. The van der Waals surface area contributed by atoms with Gasteiger partial charge in [-0.15, -0.1) is 0 Å². The van der Waals surface area contributed by atoms with Gasteiger partial charge in [0.2, 0.25) is 5.91 Å². The number of halogens is 2. The smallest absolute Gasteiger partial charge is 0.335 e. The van der Waals surface area contributed by atoms with Crippen LogP contribution in [0.2, 0.25) is 5.02 Å². The zero-order chi connectivity index (χ0) is 15.1. The molecule has 3 rings (SSSR count). The number of benzene rings is 1. The summed E-state index contributed by atoms with van der Waals surface area (Å²) in [5.74, 6) is -2.03. The van der Waals surface area contributed by atoms with E-state index in [9.17, 15) is 19.1 Å². The van der Waals surface area contributed by atoms with Crippen LogP contribution in [0.25, 0.3) is 0 Å². The van der Waals surface area contributed by atoms with Gasteiger partial charge in [0.15, 0.2) is 6.10 Å². The van der Waals surface area contributed by atoms with Crippen LogP contribution in [0.15, 0.2) is 18.2 Å². The molecule has 1 saturated heterocycles. The fourth-order valence-corrected chi connectivity index (χ4v) is 2.93. The highest BCUT2D eigenvalue weighted by atomic mass is 35.5. The van der Waals surface area contributed by atoms with Crippen molar-refractivity contribution in [3.8, 4) is 0 Å². The molecule has 1 aliphatic heterocycles. The second-order valence-electron chi connectivity index (χ2n) is 5.25. The van der Waals surface area contributed by atoms with Crippen LogP contribution in [0.4, 0.5) is 4.39 Å². The molecule has 0 spiro atoms. The predicted molar refractivity (Wildman–Crippen MR) is 71.4 cm³/mol. The predicted octanol–water partition coefficient (Wildman–Crippen LogP) is 1.99. The Hall–Kier alpha value is -1.66. The molecule has 21 heavy (non-hydrogen) atoms. The number of rotatable bonds is 3. The molecule has 5 nitrogen and oxygen atoms in total. The molecule has 1 aromatic carbocycles. The van der Waals surface area contributed by atoms with E-state index < -0.39 is 23.9 Å². The summed E-state index contributed by atoms with van der Waals surface area (Å²) in [4.78, 5) is 25.0. The van der Waals surface area contributed by atoms with Crippen LogP contribution in [0.5, 0.6) is 0 Å². The van der Waals surface area contributed by atoms with Gasteiger partial charge in [0, 0.05) is 11.1 Å². The molecule has 1 aromatic rings. The van der Waals surface area contributed by atoms with E-state index in [-0.39, 0.29) is 23.6 Å². The topological polar surface area (TPSA) is 66.8 Å². The molecule has 1 heterocycles. The van der Waals surface area contributed by atoms with Crippen molar-refractivity contribution in [3.05, 3.63) is 34.6 Å². The van der Waals surface area contributed by atoms with Gasteiger partial charge in [-0.1, -0.05) is 11.6 Å². The zero-order valence-corrected chi connectivity index (χ0v) is 11.7. The minimum absolute atomic E-state index is 0.00436. The average Bonchev–Trinajstić information content (AvgIpc) is 3.20. The van der Waals surface area contributed by atoms with Crippen molar-refractivity contribution in [3.63, 3.8) is 0 Å². The fraction of sp³-hybridized carbons (Fsp3) is 0.429. The van der Waals surface area contributed by atoms with E-state index in [1.807, 2.05) is 0 Å². The van der Waals surface area contributed by atoms with Crippen LogP contribution >= 0.6 is 11.6 Å². The minimum atomic E-state index is -1.22. The second kappa shape index (κ2) is 5.27. The van der Waals surface area contributed by atoms with Crippen LogP contribution in [-0.4, -0.2) is 40.6 Å². The Morgan fingerprint density at radius 2 is 2.10 bits per heavy atom. The Balaban J connectivity index is 2.05. The number of ether oxygens (including phenoxy) is 1. The highest BCUT2D eigenvalue weighted by Crippen LogP contribution is 2.40. The summed E-state index contributed by atoms with van der Waals surface area (Å²) in [6.07, 6.45) is 0.413. The van der Waals surface area contributed by atoms with Crippen LogP contribution in [0.3, 0.4) is 0 Å². The van der Waals surface area contributed by atoms with Gasteiger partial charge >= 0.3 is 5.97 Å². The van der Waals surface area contributed by atoms with Crippen molar-refractivity contribution in [1.82, 2.24) is 4.90 Å². The summed E-state index contributed by atoms with van der Waals surface area (Å²) >= 11 is 5.84. The third kappa shape index (κ3) is 2.73. The maximum absolute atomic E-state index is 13.6. The highest BCUT2D eigenvalue weighted by molar-refractivity contribution is 6.30. The summed E-state index contributed by atoms with van der Waals surface area (Å²) in [5, 5.41) is 9.48. The van der Waals surface area contributed by atoms with E-state index in [2.05, 4.69) is 0 Å².